The molecule has 0 radical (unpaired) electrons. The van der Waals surface area contributed by atoms with E-state index in [2.05, 4.69) is 22.4 Å². The largest absolute Gasteiger partial charge is 0.396 e. The van der Waals surface area contributed by atoms with E-state index in [1.54, 1.807) is 4.88 Å². The maximum Gasteiger partial charge on any atom is 0.0553 e. The Morgan fingerprint density at radius 2 is 2.11 bits per heavy atom. The van der Waals surface area contributed by atoms with Crippen LogP contribution < -0.4 is 0 Å². The predicted octanol–water partition coefficient (Wildman–Crippen LogP) is 3.61. The molecule has 0 amide bonds. The Morgan fingerprint density at radius 1 is 1.26 bits per heavy atom. The van der Waals surface area contributed by atoms with E-state index < -0.39 is 0 Å². The molecule has 0 bridgehead atoms. The first-order valence-electron chi connectivity index (χ1n) is 7.75. The van der Waals surface area contributed by atoms with Crippen LogP contribution in [0.1, 0.15) is 49.8 Å². The average Bonchev–Trinajstić information content (AvgIpc) is 3.03. The van der Waals surface area contributed by atoms with Crippen molar-refractivity contribution in [2.24, 2.45) is 5.92 Å². The topological polar surface area (TPSA) is 23.5 Å². The Hall–Kier alpha value is -0.380. The van der Waals surface area contributed by atoms with Crippen LogP contribution in [0.3, 0.4) is 0 Å². The molecule has 1 saturated heterocycles. The molecule has 1 aromatic heterocycles. The van der Waals surface area contributed by atoms with Crippen molar-refractivity contribution >= 4 is 11.3 Å². The number of piperidine rings is 1. The van der Waals surface area contributed by atoms with Gasteiger partial charge in [-0.15, -0.1) is 11.3 Å². The number of thiophene rings is 1. The van der Waals surface area contributed by atoms with Crippen molar-refractivity contribution in [1.29, 1.82) is 0 Å². The van der Waals surface area contributed by atoms with Gasteiger partial charge in [0.2, 0.25) is 0 Å². The van der Waals surface area contributed by atoms with E-state index in [9.17, 15) is 5.11 Å². The summed E-state index contributed by atoms with van der Waals surface area (Å²) in [6, 6.07) is 4.53. The van der Waals surface area contributed by atoms with Crippen molar-refractivity contribution in [3.63, 3.8) is 0 Å². The van der Waals surface area contributed by atoms with Crippen LogP contribution in [-0.4, -0.2) is 29.7 Å². The monoisotopic (exact) mass is 279 g/mol. The standard InChI is InChI=1S/C16H25NOS/c18-13-14-6-4-10-17(12-14)16(8-2-1-3-9-16)15-7-5-11-19-15/h5,7,11,14,18H,1-4,6,8-10,12-13H2. The second kappa shape index (κ2) is 5.94. The van der Waals surface area contributed by atoms with Crippen LogP contribution in [-0.2, 0) is 5.54 Å². The van der Waals surface area contributed by atoms with Gasteiger partial charge >= 0.3 is 0 Å². The maximum absolute atomic E-state index is 9.50. The van der Waals surface area contributed by atoms with Gasteiger partial charge in [-0.2, -0.15) is 0 Å². The maximum atomic E-state index is 9.50. The van der Waals surface area contributed by atoms with Gasteiger partial charge in [0.15, 0.2) is 0 Å². The first-order valence-corrected chi connectivity index (χ1v) is 8.63. The number of nitrogens with zero attached hydrogens (tertiary/aromatic N) is 1. The Bertz CT molecular complexity index is 383. The second-order valence-electron chi connectivity index (χ2n) is 6.21. The molecular formula is C16H25NOS. The number of likely N-dealkylation sites (tertiary alicyclic amines) is 1. The van der Waals surface area contributed by atoms with E-state index in [4.69, 9.17) is 0 Å². The van der Waals surface area contributed by atoms with E-state index >= 15 is 0 Å². The Kier molecular flexibility index (Phi) is 4.25. The summed E-state index contributed by atoms with van der Waals surface area (Å²) in [6.45, 7) is 2.67. The van der Waals surface area contributed by atoms with Gasteiger partial charge in [0.25, 0.3) is 0 Å². The molecule has 106 valence electrons. The molecule has 1 aromatic rings. The normalized spacial score (nSPS) is 28.4. The number of aliphatic hydroxyl groups is 1. The second-order valence-corrected chi connectivity index (χ2v) is 7.15. The summed E-state index contributed by atoms with van der Waals surface area (Å²) in [6.07, 6.45) is 9.18. The minimum atomic E-state index is 0.292. The predicted molar refractivity (Wildman–Crippen MR) is 80.5 cm³/mol. The summed E-state index contributed by atoms with van der Waals surface area (Å²) in [5.41, 5.74) is 0.292. The van der Waals surface area contributed by atoms with Gasteiger partial charge in [-0.05, 0) is 49.6 Å². The van der Waals surface area contributed by atoms with Crippen LogP contribution in [0.2, 0.25) is 0 Å². The average molecular weight is 279 g/mol. The molecule has 1 aliphatic carbocycles. The first kappa shape index (κ1) is 13.6. The lowest BCUT2D eigenvalue weighted by Crippen LogP contribution is -2.51. The van der Waals surface area contributed by atoms with Crippen LogP contribution in [0.5, 0.6) is 0 Å². The molecule has 2 heterocycles. The van der Waals surface area contributed by atoms with Crippen LogP contribution in [0.25, 0.3) is 0 Å². The molecule has 3 rings (SSSR count). The van der Waals surface area contributed by atoms with E-state index in [1.807, 2.05) is 11.3 Å². The van der Waals surface area contributed by atoms with Crippen LogP contribution in [0.4, 0.5) is 0 Å². The van der Waals surface area contributed by atoms with Crippen molar-refractivity contribution in [3.8, 4) is 0 Å². The summed E-state index contributed by atoms with van der Waals surface area (Å²) in [5, 5.41) is 11.7. The van der Waals surface area contributed by atoms with Crippen molar-refractivity contribution < 1.29 is 5.11 Å². The molecule has 2 aliphatic rings. The third-order valence-electron chi connectivity index (χ3n) is 5.04. The number of rotatable bonds is 3. The third-order valence-corrected chi connectivity index (χ3v) is 6.11. The Morgan fingerprint density at radius 3 is 2.79 bits per heavy atom. The molecule has 0 spiro atoms. The molecule has 1 atom stereocenters. The Labute approximate surface area is 120 Å². The smallest absolute Gasteiger partial charge is 0.0553 e. The van der Waals surface area contributed by atoms with Crippen LogP contribution in [0, 0.1) is 5.92 Å². The lowest BCUT2D eigenvalue weighted by atomic mass is 9.77. The molecule has 1 unspecified atom stereocenters. The summed E-state index contributed by atoms with van der Waals surface area (Å²) >= 11 is 1.93. The van der Waals surface area contributed by atoms with Crippen molar-refractivity contribution in [2.75, 3.05) is 19.7 Å². The molecule has 2 fully saturated rings. The molecule has 1 aliphatic heterocycles. The molecule has 2 nitrogen and oxygen atoms in total. The molecular weight excluding hydrogens is 254 g/mol. The molecule has 1 saturated carbocycles. The Balaban J connectivity index is 1.86. The van der Waals surface area contributed by atoms with Gasteiger partial charge in [-0.3, -0.25) is 4.90 Å². The minimum Gasteiger partial charge on any atom is -0.396 e. The van der Waals surface area contributed by atoms with Gasteiger partial charge in [0, 0.05) is 18.0 Å². The number of hydrogen-bond donors (Lipinski definition) is 1. The minimum absolute atomic E-state index is 0.292. The van der Waals surface area contributed by atoms with Gasteiger partial charge in [-0.1, -0.05) is 25.3 Å². The van der Waals surface area contributed by atoms with Crippen molar-refractivity contribution in [3.05, 3.63) is 22.4 Å². The lowest BCUT2D eigenvalue weighted by molar-refractivity contribution is 0.00192. The molecule has 1 N–H and O–H groups in total. The summed E-state index contributed by atoms with van der Waals surface area (Å²) in [4.78, 5) is 4.27. The fraction of sp³-hybridized carbons (Fsp3) is 0.750. The van der Waals surface area contributed by atoms with Crippen LogP contribution >= 0.6 is 11.3 Å². The van der Waals surface area contributed by atoms with E-state index in [-0.39, 0.29) is 0 Å². The van der Waals surface area contributed by atoms with E-state index in [0.717, 1.165) is 6.54 Å². The first-order chi connectivity index (χ1) is 9.35. The molecule has 3 heteroatoms. The highest BCUT2D eigenvalue weighted by molar-refractivity contribution is 7.10. The lowest BCUT2D eigenvalue weighted by Gasteiger charge is -2.49. The summed E-state index contributed by atoms with van der Waals surface area (Å²) < 4.78 is 0. The quantitative estimate of drug-likeness (QED) is 0.913. The van der Waals surface area contributed by atoms with Crippen molar-refractivity contribution in [2.45, 2.75) is 50.5 Å². The van der Waals surface area contributed by atoms with E-state index in [0.29, 0.717) is 18.1 Å². The molecule has 19 heavy (non-hydrogen) atoms. The zero-order valence-corrected chi connectivity index (χ0v) is 12.5. The highest BCUT2D eigenvalue weighted by Gasteiger charge is 2.41. The fourth-order valence-corrected chi connectivity index (χ4v) is 5.01. The van der Waals surface area contributed by atoms with Crippen LogP contribution in [0.15, 0.2) is 17.5 Å². The highest BCUT2D eigenvalue weighted by Crippen LogP contribution is 2.45. The number of aliphatic hydroxyl groups excluding tert-OH is 1. The van der Waals surface area contributed by atoms with Gasteiger partial charge in [0.1, 0.15) is 0 Å². The van der Waals surface area contributed by atoms with Gasteiger partial charge < -0.3 is 5.11 Å². The number of hydrogen-bond acceptors (Lipinski definition) is 3. The summed E-state index contributed by atoms with van der Waals surface area (Å²) in [5.74, 6) is 0.493. The zero-order valence-electron chi connectivity index (χ0n) is 11.7. The summed E-state index contributed by atoms with van der Waals surface area (Å²) in [7, 11) is 0. The molecule has 0 aromatic carbocycles. The highest BCUT2D eigenvalue weighted by atomic mass is 32.1. The van der Waals surface area contributed by atoms with Gasteiger partial charge in [0.05, 0.1) is 5.54 Å². The zero-order chi connectivity index (χ0) is 13.1. The third kappa shape index (κ3) is 2.61. The SMILES string of the molecule is OCC1CCCN(C2(c3cccs3)CCCCC2)C1. The van der Waals surface area contributed by atoms with Gasteiger partial charge in [-0.25, -0.2) is 0 Å². The van der Waals surface area contributed by atoms with Crippen molar-refractivity contribution in [1.82, 2.24) is 4.90 Å². The fourth-order valence-electron chi connectivity index (χ4n) is 4.00. The van der Waals surface area contributed by atoms with E-state index in [1.165, 1.54) is 51.5 Å².